The molecule has 0 aromatic carbocycles. The lowest BCUT2D eigenvalue weighted by atomic mass is 9.70. The lowest BCUT2D eigenvalue weighted by Gasteiger charge is -2.43. The van der Waals surface area contributed by atoms with E-state index >= 15 is 0 Å². The predicted octanol–water partition coefficient (Wildman–Crippen LogP) is 2.59. The third kappa shape index (κ3) is 5.33. The molecule has 0 radical (unpaired) electrons. The molecule has 134 valence electrons. The van der Waals surface area contributed by atoms with Gasteiger partial charge in [-0.05, 0) is 51.9 Å². The van der Waals surface area contributed by atoms with Gasteiger partial charge >= 0.3 is 6.09 Å². The number of aliphatic hydroxyl groups is 1. The Bertz CT molecular complexity index is 388. The topological polar surface area (TPSA) is 77.0 Å². The van der Waals surface area contributed by atoms with E-state index in [2.05, 4.69) is 5.32 Å². The summed E-state index contributed by atoms with van der Waals surface area (Å²) in [5.74, 6) is -0.395. The second-order valence-corrected chi connectivity index (χ2v) is 7.80. The predicted molar refractivity (Wildman–Crippen MR) is 86.1 cm³/mol. The number of carbonyl (C=O) groups excluding carboxylic acids is 1. The second kappa shape index (κ2) is 7.36. The number of hydrogen-bond acceptors (Lipinski definition) is 5. The van der Waals surface area contributed by atoms with Crippen LogP contribution in [0, 0.1) is 5.41 Å². The van der Waals surface area contributed by atoms with Gasteiger partial charge in [0.1, 0.15) is 5.60 Å². The van der Waals surface area contributed by atoms with Crippen LogP contribution in [0.1, 0.15) is 59.3 Å². The molecule has 0 atom stereocenters. The smallest absolute Gasteiger partial charge is 0.407 e. The van der Waals surface area contributed by atoms with E-state index in [9.17, 15) is 9.90 Å². The van der Waals surface area contributed by atoms with Gasteiger partial charge in [0.05, 0.1) is 13.2 Å². The zero-order chi connectivity index (χ0) is 17.0. The average Bonchev–Trinajstić information content (AvgIpc) is 2.93. The minimum atomic E-state index is -0.477. The van der Waals surface area contributed by atoms with Gasteiger partial charge in [-0.3, -0.25) is 0 Å². The summed E-state index contributed by atoms with van der Waals surface area (Å²) in [6.45, 7) is 7.62. The number of nitrogens with one attached hydrogen (secondary N) is 1. The molecular formula is C17H31NO5. The summed E-state index contributed by atoms with van der Waals surface area (Å²) in [5.41, 5.74) is -0.550. The summed E-state index contributed by atoms with van der Waals surface area (Å²) in [4.78, 5) is 11.6. The van der Waals surface area contributed by atoms with Gasteiger partial charge in [0, 0.05) is 26.0 Å². The minimum Gasteiger partial charge on any atom is -0.444 e. The minimum absolute atomic E-state index is 0.0732. The molecule has 1 amide bonds. The van der Waals surface area contributed by atoms with E-state index in [0.717, 1.165) is 38.5 Å². The summed E-state index contributed by atoms with van der Waals surface area (Å²) in [5, 5.41) is 12.6. The number of hydrogen-bond donors (Lipinski definition) is 2. The zero-order valence-corrected chi connectivity index (χ0v) is 14.7. The van der Waals surface area contributed by atoms with Crippen molar-refractivity contribution in [3.05, 3.63) is 0 Å². The highest BCUT2D eigenvalue weighted by molar-refractivity contribution is 5.67. The molecule has 0 bridgehead atoms. The molecule has 0 unspecified atom stereocenters. The largest absolute Gasteiger partial charge is 0.444 e. The van der Waals surface area contributed by atoms with Crippen LogP contribution in [0.2, 0.25) is 0 Å². The Morgan fingerprint density at radius 1 is 1.17 bits per heavy atom. The number of amides is 1. The zero-order valence-electron chi connectivity index (χ0n) is 14.7. The van der Waals surface area contributed by atoms with Gasteiger partial charge in [0.2, 0.25) is 0 Å². The third-order valence-corrected chi connectivity index (χ3v) is 4.77. The third-order valence-electron chi connectivity index (χ3n) is 4.77. The van der Waals surface area contributed by atoms with E-state index in [1.807, 2.05) is 20.8 Å². The first kappa shape index (κ1) is 18.5. The standard InChI is InChI=1S/C17H31NO5/c1-15(2,3)23-14(20)18-10-4-5-16(13-19)6-8-17(9-7-16)21-11-12-22-17/h19H,4-13H2,1-3H3,(H,18,20). The van der Waals surface area contributed by atoms with Gasteiger partial charge < -0.3 is 24.6 Å². The molecule has 2 rings (SSSR count). The lowest BCUT2D eigenvalue weighted by Crippen LogP contribution is -2.42. The quantitative estimate of drug-likeness (QED) is 0.758. The maximum absolute atomic E-state index is 11.6. The molecule has 2 aliphatic rings. The maximum Gasteiger partial charge on any atom is 0.407 e. The maximum atomic E-state index is 11.6. The number of rotatable bonds is 5. The monoisotopic (exact) mass is 329 g/mol. The first-order chi connectivity index (χ1) is 10.8. The molecule has 1 aliphatic carbocycles. The van der Waals surface area contributed by atoms with Gasteiger partial charge in [-0.25, -0.2) is 4.79 Å². The van der Waals surface area contributed by atoms with Crippen LogP contribution in [0.3, 0.4) is 0 Å². The highest BCUT2D eigenvalue weighted by atomic mass is 16.7. The van der Waals surface area contributed by atoms with Crippen molar-refractivity contribution in [3.63, 3.8) is 0 Å². The van der Waals surface area contributed by atoms with Crippen LogP contribution in [-0.4, -0.2) is 49.0 Å². The van der Waals surface area contributed by atoms with Crippen molar-refractivity contribution in [1.82, 2.24) is 5.32 Å². The van der Waals surface area contributed by atoms with Gasteiger partial charge in [-0.15, -0.1) is 0 Å². The van der Waals surface area contributed by atoms with Crippen LogP contribution in [0.15, 0.2) is 0 Å². The van der Waals surface area contributed by atoms with Crippen LogP contribution in [-0.2, 0) is 14.2 Å². The van der Waals surface area contributed by atoms with E-state index in [1.54, 1.807) is 0 Å². The summed E-state index contributed by atoms with van der Waals surface area (Å²) in [6, 6.07) is 0. The van der Waals surface area contributed by atoms with Gasteiger partial charge in [0.25, 0.3) is 0 Å². The fraction of sp³-hybridized carbons (Fsp3) is 0.941. The Morgan fingerprint density at radius 3 is 2.30 bits per heavy atom. The van der Waals surface area contributed by atoms with E-state index in [0.29, 0.717) is 19.8 Å². The van der Waals surface area contributed by atoms with Crippen molar-refractivity contribution < 1.29 is 24.1 Å². The molecule has 6 heteroatoms. The molecule has 1 saturated heterocycles. The van der Waals surface area contributed by atoms with Gasteiger partial charge in [-0.1, -0.05) is 0 Å². The summed E-state index contributed by atoms with van der Waals surface area (Å²) in [7, 11) is 0. The van der Waals surface area contributed by atoms with Crippen molar-refractivity contribution in [3.8, 4) is 0 Å². The Labute approximate surface area is 138 Å². The van der Waals surface area contributed by atoms with Crippen LogP contribution in [0.5, 0.6) is 0 Å². The van der Waals surface area contributed by atoms with Crippen LogP contribution >= 0.6 is 0 Å². The fourth-order valence-electron chi connectivity index (χ4n) is 3.40. The summed E-state index contributed by atoms with van der Waals surface area (Å²) >= 11 is 0. The van der Waals surface area contributed by atoms with Crippen molar-refractivity contribution >= 4 is 6.09 Å². The van der Waals surface area contributed by atoms with Crippen molar-refractivity contribution in [2.45, 2.75) is 70.7 Å². The van der Waals surface area contributed by atoms with Gasteiger partial charge in [-0.2, -0.15) is 0 Å². The molecule has 0 aromatic heterocycles. The summed E-state index contributed by atoms with van der Waals surface area (Å²) < 4.78 is 16.7. The summed E-state index contributed by atoms with van der Waals surface area (Å²) in [6.07, 6.45) is 4.81. The van der Waals surface area contributed by atoms with E-state index in [1.165, 1.54) is 0 Å². The van der Waals surface area contributed by atoms with Crippen molar-refractivity contribution in [1.29, 1.82) is 0 Å². The molecule has 2 fully saturated rings. The van der Waals surface area contributed by atoms with Crippen LogP contribution < -0.4 is 5.32 Å². The average molecular weight is 329 g/mol. The van der Waals surface area contributed by atoms with E-state index < -0.39 is 11.4 Å². The first-order valence-electron chi connectivity index (χ1n) is 8.64. The van der Waals surface area contributed by atoms with Crippen molar-refractivity contribution in [2.24, 2.45) is 5.41 Å². The molecule has 1 aliphatic heterocycles. The Morgan fingerprint density at radius 2 is 1.78 bits per heavy atom. The Balaban J connectivity index is 1.70. The van der Waals surface area contributed by atoms with Crippen LogP contribution in [0.4, 0.5) is 4.79 Å². The molecule has 1 spiro atoms. The highest BCUT2D eigenvalue weighted by Gasteiger charge is 2.45. The van der Waals surface area contributed by atoms with Crippen molar-refractivity contribution in [2.75, 3.05) is 26.4 Å². The van der Waals surface area contributed by atoms with Gasteiger partial charge in [0.15, 0.2) is 5.79 Å². The number of carbonyl (C=O) groups is 1. The van der Waals surface area contributed by atoms with E-state index in [-0.39, 0.29) is 18.1 Å². The highest BCUT2D eigenvalue weighted by Crippen LogP contribution is 2.46. The molecule has 0 aromatic rings. The second-order valence-electron chi connectivity index (χ2n) is 7.80. The Hall–Kier alpha value is -0.850. The molecule has 1 saturated carbocycles. The fourth-order valence-corrected chi connectivity index (χ4v) is 3.40. The SMILES string of the molecule is CC(C)(C)OC(=O)NCCCC1(CO)CCC2(CC1)OCCO2. The lowest BCUT2D eigenvalue weighted by molar-refractivity contribution is -0.195. The molecular weight excluding hydrogens is 298 g/mol. The number of ether oxygens (including phenoxy) is 3. The molecule has 1 heterocycles. The molecule has 23 heavy (non-hydrogen) atoms. The number of alkyl carbamates (subject to hydrolysis) is 1. The normalized spacial score (nSPS) is 23.0. The van der Waals surface area contributed by atoms with Crippen LogP contribution in [0.25, 0.3) is 0 Å². The molecule has 2 N–H and O–H groups in total. The number of aliphatic hydroxyl groups excluding tert-OH is 1. The first-order valence-corrected chi connectivity index (χ1v) is 8.64. The van der Waals surface area contributed by atoms with E-state index in [4.69, 9.17) is 14.2 Å². The molecule has 6 nitrogen and oxygen atoms in total. The Kier molecular flexibility index (Phi) is 5.92.